The Morgan fingerprint density at radius 3 is 3.21 bits per heavy atom. The average molecular weight is 346 g/mol. The lowest BCUT2D eigenvalue weighted by Gasteiger charge is -2.23. The lowest BCUT2D eigenvalue weighted by Crippen LogP contribution is -2.27. The molecule has 24 heavy (non-hydrogen) atoms. The van der Waals surface area contributed by atoms with E-state index in [-0.39, 0.29) is 11.9 Å². The van der Waals surface area contributed by atoms with Gasteiger partial charge in [-0.3, -0.25) is 9.78 Å². The molecule has 2 heterocycles. The van der Waals surface area contributed by atoms with Gasteiger partial charge in [0.1, 0.15) is 5.69 Å². The molecule has 1 atom stereocenters. The number of pyridine rings is 1. The summed E-state index contributed by atoms with van der Waals surface area (Å²) >= 11 is 1.78. The number of ether oxygens (including phenoxy) is 1. The van der Waals surface area contributed by atoms with Crippen molar-refractivity contribution in [1.29, 1.82) is 0 Å². The van der Waals surface area contributed by atoms with E-state index in [1.165, 1.54) is 4.88 Å². The molecular formula is C17H22N4O2S. The normalized spacial score (nSPS) is 16.5. The molecule has 2 N–H and O–H groups in total. The molecular weight excluding hydrogens is 324 g/mol. The largest absolute Gasteiger partial charge is 0.383 e. The van der Waals surface area contributed by atoms with Crippen molar-refractivity contribution in [2.45, 2.75) is 32.2 Å². The standard InChI is InChI=1S/C17H22N4O2S/c1-11-20-16-13(4-3-5-15(16)24-11)21-12-6-7-18-14(10-12)17(22)19-8-9-23-2/h6-7,10,13H,3-5,8-9H2,1-2H3,(H,18,21)(H,19,22)/t13-/m1/s1. The monoisotopic (exact) mass is 346 g/mol. The van der Waals surface area contributed by atoms with Crippen LogP contribution in [-0.4, -0.2) is 36.1 Å². The molecule has 7 heteroatoms. The predicted octanol–water partition coefficient (Wildman–Crippen LogP) is 2.71. The summed E-state index contributed by atoms with van der Waals surface area (Å²) in [4.78, 5) is 22.3. The number of nitrogens with zero attached hydrogens (tertiary/aromatic N) is 2. The Bertz CT molecular complexity index is 716. The molecule has 3 rings (SSSR count). The van der Waals surface area contributed by atoms with Gasteiger partial charge in [0.05, 0.1) is 23.4 Å². The van der Waals surface area contributed by atoms with Crippen LogP contribution in [0.1, 0.15) is 45.0 Å². The highest BCUT2D eigenvalue weighted by molar-refractivity contribution is 7.11. The van der Waals surface area contributed by atoms with Crippen LogP contribution >= 0.6 is 11.3 Å². The van der Waals surface area contributed by atoms with Gasteiger partial charge in [-0.2, -0.15) is 0 Å². The number of aromatic nitrogens is 2. The van der Waals surface area contributed by atoms with Gasteiger partial charge < -0.3 is 15.4 Å². The molecule has 0 fully saturated rings. The van der Waals surface area contributed by atoms with Crippen molar-refractivity contribution in [2.24, 2.45) is 0 Å². The number of anilines is 1. The zero-order valence-electron chi connectivity index (χ0n) is 14.0. The molecule has 6 nitrogen and oxygen atoms in total. The third-order valence-corrected chi connectivity index (χ3v) is 5.03. The van der Waals surface area contributed by atoms with Crippen LogP contribution in [0.15, 0.2) is 18.3 Å². The second kappa shape index (κ2) is 7.72. The van der Waals surface area contributed by atoms with E-state index >= 15 is 0 Å². The number of carbonyl (C=O) groups is 1. The maximum absolute atomic E-state index is 12.1. The molecule has 0 unspecified atom stereocenters. The first-order valence-corrected chi connectivity index (χ1v) is 8.95. The van der Waals surface area contributed by atoms with Gasteiger partial charge in [-0.05, 0) is 38.3 Å². The smallest absolute Gasteiger partial charge is 0.270 e. The molecule has 1 amide bonds. The highest BCUT2D eigenvalue weighted by Gasteiger charge is 2.24. The van der Waals surface area contributed by atoms with E-state index in [1.54, 1.807) is 30.7 Å². The fraction of sp³-hybridized carbons (Fsp3) is 0.471. The fourth-order valence-electron chi connectivity index (χ4n) is 2.88. The van der Waals surface area contributed by atoms with Crippen LogP contribution in [0.5, 0.6) is 0 Å². The number of amides is 1. The number of fused-ring (bicyclic) bond motifs is 1. The molecule has 0 spiro atoms. The zero-order valence-corrected chi connectivity index (χ0v) is 14.8. The number of methoxy groups -OCH3 is 1. The van der Waals surface area contributed by atoms with E-state index in [1.807, 2.05) is 6.07 Å². The summed E-state index contributed by atoms with van der Waals surface area (Å²) < 4.78 is 4.93. The quantitative estimate of drug-likeness (QED) is 0.787. The molecule has 0 aromatic carbocycles. The summed E-state index contributed by atoms with van der Waals surface area (Å²) in [6.07, 6.45) is 4.97. The Labute approximate surface area is 145 Å². The molecule has 0 aliphatic heterocycles. The van der Waals surface area contributed by atoms with Crippen LogP contribution in [0.25, 0.3) is 0 Å². The van der Waals surface area contributed by atoms with Gasteiger partial charge >= 0.3 is 0 Å². The minimum atomic E-state index is -0.190. The Balaban J connectivity index is 1.70. The maximum Gasteiger partial charge on any atom is 0.270 e. The van der Waals surface area contributed by atoms with E-state index in [0.29, 0.717) is 18.8 Å². The van der Waals surface area contributed by atoms with Gasteiger partial charge in [0.15, 0.2) is 0 Å². The third kappa shape index (κ3) is 3.91. The second-order valence-corrected chi connectivity index (χ2v) is 7.10. The second-order valence-electron chi connectivity index (χ2n) is 5.81. The van der Waals surface area contributed by atoms with Crippen molar-refractivity contribution in [3.05, 3.63) is 39.6 Å². The van der Waals surface area contributed by atoms with Gasteiger partial charge in [0, 0.05) is 30.4 Å². The van der Waals surface area contributed by atoms with E-state index in [0.717, 1.165) is 35.7 Å². The van der Waals surface area contributed by atoms with Crippen molar-refractivity contribution < 1.29 is 9.53 Å². The summed E-state index contributed by atoms with van der Waals surface area (Å²) in [7, 11) is 1.60. The van der Waals surface area contributed by atoms with Crippen LogP contribution in [0.2, 0.25) is 0 Å². The lowest BCUT2D eigenvalue weighted by molar-refractivity contribution is 0.0932. The van der Waals surface area contributed by atoms with Gasteiger partial charge in [-0.25, -0.2) is 4.98 Å². The van der Waals surface area contributed by atoms with Crippen molar-refractivity contribution in [1.82, 2.24) is 15.3 Å². The molecule has 128 valence electrons. The maximum atomic E-state index is 12.1. The molecule has 1 aliphatic rings. The molecule has 0 saturated carbocycles. The van der Waals surface area contributed by atoms with E-state index < -0.39 is 0 Å². The highest BCUT2D eigenvalue weighted by Crippen LogP contribution is 2.35. The minimum Gasteiger partial charge on any atom is -0.383 e. The van der Waals surface area contributed by atoms with Gasteiger partial charge in [-0.15, -0.1) is 11.3 Å². The Kier molecular flexibility index (Phi) is 5.42. The lowest BCUT2D eigenvalue weighted by atomic mass is 9.97. The summed E-state index contributed by atoms with van der Waals surface area (Å²) in [5.74, 6) is -0.190. The molecule has 2 aromatic heterocycles. The van der Waals surface area contributed by atoms with Crippen LogP contribution in [-0.2, 0) is 11.2 Å². The molecule has 1 aliphatic carbocycles. The summed E-state index contributed by atoms with van der Waals surface area (Å²) in [5, 5.41) is 7.41. The minimum absolute atomic E-state index is 0.190. The van der Waals surface area contributed by atoms with Crippen LogP contribution < -0.4 is 10.6 Å². The van der Waals surface area contributed by atoms with Crippen molar-refractivity contribution >= 4 is 22.9 Å². The summed E-state index contributed by atoms with van der Waals surface area (Å²) in [6, 6.07) is 3.88. The molecule has 0 saturated heterocycles. The Morgan fingerprint density at radius 2 is 2.38 bits per heavy atom. The SMILES string of the molecule is COCCNC(=O)c1cc(N[C@@H]2CCCc3sc(C)nc32)ccn1. The fourth-order valence-corrected chi connectivity index (χ4v) is 3.92. The zero-order chi connectivity index (χ0) is 16.9. The van der Waals surface area contributed by atoms with Crippen LogP contribution in [0, 0.1) is 6.92 Å². The van der Waals surface area contributed by atoms with E-state index in [2.05, 4.69) is 27.5 Å². The number of carbonyl (C=O) groups excluding carboxylic acids is 1. The van der Waals surface area contributed by atoms with Gasteiger partial charge in [0.25, 0.3) is 5.91 Å². The van der Waals surface area contributed by atoms with Crippen LogP contribution in [0.3, 0.4) is 0 Å². The van der Waals surface area contributed by atoms with Crippen molar-refractivity contribution in [3.8, 4) is 0 Å². The molecule has 0 radical (unpaired) electrons. The summed E-state index contributed by atoms with van der Waals surface area (Å²) in [6.45, 7) is 3.01. The Hall–Kier alpha value is -1.99. The number of hydrogen-bond donors (Lipinski definition) is 2. The predicted molar refractivity (Wildman–Crippen MR) is 94.6 cm³/mol. The van der Waals surface area contributed by atoms with Gasteiger partial charge in [-0.1, -0.05) is 0 Å². The number of nitrogens with one attached hydrogen (secondary N) is 2. The van der Waals surface area contributed by atoms with Crippen LogP contribution in [0.4, 0.5) is 5.69 Å². The first-order valence-electron chi connectivity index (χ1n) is 8.13. The number of aryl methyl sites for hydroxylation is 2. The number of thiazole rings is 1. The highest BCUT2D eigenvalue weighted by atomic mass is 32.1. The Morgan fingerprint density at radius 1 is 1.50 bits per heavy atom. The van der Waals surface area contributed by atoms with Crippen molar-refractivity contribution in [3.63, 3.8) is 0 Å². The first kappa shape index (κ1) is 16.9. The van der Waals surface area contributed by atoms with E-state index in [4.69, 9.17) is 4.74 Å². The summed E-state index contributed by atoms with van der Waals surface area (Å²) in [5.41, 5.74) is 2.46. The molecule has 0 bridgehead atoms. The first-order chi connectivity index (χ1) is 11.7. The third-order valence-electron chi connectivity index (χ3n) is 3.99. The average Bonchev–Trinajstić information content (AvgIpc) is 2.97. The topological polar surface area (TPSA) is 76.1 Å². The van der Waals surface area contributed by atoms with Crippen molar-refractivity contribution in [2.75, 3.05) is 25.6 Å². The number of hydrogen-bond acceptors (Lipinski definition) is 6. The van der Waals surface area contributed by atoms with E-state index in [9.17, 15) is 4.79 Å². The number of rotatable bonds is 6. The molecule has 2 aromatic rings. The van der Waals surface area contributed by atoms with Gasteiger partial charge in [0.2, 0.25) is 0 Å².